The minimum absolute atomic E-state index is 0.00191. The average molecular weight is 437 g/mol. The molecule has 9 nitrogen and oxygen atoms in total. The summed E-state index contributed by atoms with van der Waals surface area (Å²) in [5, 5.41) is 0. The Morgan fingerprint density at radius 1 is 0.897 bits per heavy atom. The lowest BCUT2D eigenvalue weighted by molar-refractivity contribution is -0.0137. The highest BCUT2D eigenvalue weighted by Crippen LogP contribution is 2.22. The van der Waals surface area contributed by atoms with Crippen LogP contribution in [0.4, 0.5) is 9.59 Å². The topological polar surface area (TPSA) is 102 Å². The summed E-state index contributed by atoms with van der Waals surface area (Å²) in [5.41, 5.74) is -0.915. The number of ether oxygens (including phenoxy) is 2. The van der Waals surface area contributed by atoms with Crippen LogP contribution in [-0.2, 0) is 23.8 Å². The molecular weight excluding hydrogens is 400 g/mol. The maximum atomic E-state index is 11.7. The van der Waals surface area contributed by atoms with E-state index in [2.05, 4.69) is 4.18 Å². The van der Waals surface area contributed by atoms with Crippen LogP contribution in [0.15, 0.2) is 0 Å². The van der Waals surface area contributed by atoms with Crippen molar-refractivity contribution >= 4 is 22.3 Å². The third kappa shape index (κ3) is 9.66. The van der Waals surface area contributed by atoms with Gasteiger partial charge in [0.15, 0.2) is 0 Å². The molecule has 2 heterocycles. The predicted molar refractivity (Wildman–Crippen MR) is 109 cm³/mol. The normalized spacial score (nSPS) is 21.9. The van der Waals surface area contributed by atoms with Crippen molar-refractivity contribution in [2.75, 3.05) is 26.0 Å². The van der Waals surface area contributed by atoms with Crippen molar-refractivity contribution in [1.29, 1.82) is 0 Å². The number of nitrogens with zero attached hydrogens (tertiary/aromatic N) is 2. The molecular formula is C19H36N2O7S. The van der Waals surface area contributed by atoms with E-state index in [9.17, 15) is 18.0 Å². The van der Waals surface area contributed by atoms with Crippen LogP contribution in [-0.4, -0.2) is 79.6 Å². The standard InChI is InChI=1S/C10H19NO5S.C9H17NO2/c1-10(2,3)16-9(12)11-6-5-8(11)7-15-17(4,13)14;1-7-5-6-10(7)8(11)12-9(2,3)4/h8H,5-7H2,1-4H3;7H,5-6H2,1-4H3/t8-;7-/m01/s1. The molecule has 170 valence electrons. The van der Waals surface area contributed by atoms with Crippen LogP contribution in [0.1, 0.15) is 61.3 Å². The van der Waals surface area contributed by atoms with Crippen LogP contribution in [0.25, 0.3) is 0 Å². The first kappa shape index (κ1) is 25.5. The van der Waals surface area contributed by atoms with Crippen molar-refractivity contribution in [2.24, 2.45) is 0 Å². The molecule has 0 unspecified atom stereocenters. The summed E-state index contributed by atoms with van der Waals surface area (Å²) in [7, 11) is -3.46. The Morgan fingerprint density at radius 3 is 1.62 bits per heavy atom. The fourth-order valence-corrected chi connectivity index (χ4v) is 2.89. The Morgan fingerprint density at radius 2 is 1.34 bits per heavy atom. The van der Waals surface area contributed by atoms with E-state index in [1.54, 1.807) is 25.7 Å². The van der Waals surface area contributed by atoms with E-state index in [0.717, 1.165) is 25.6 Å². The van der Waals surface area contributed by atoms with Gasteiger partial charge in [0.25, 0.3) is 10.1 Å². The van der Waals surface area contributed by atoms with Gasteiger partial charge in [-0.05, 0) is 61.3 Å². The number of amides is 2. The SMILES string of the molecule is CC(C)(C)OC(=O)N1CC[C@H]1COS(C)(=O)=O.C[C@@H]1CCN1C(=O)OC(C)(C)C. The van der Waals surface area contributed by atoms with Gasteiger partial charge >= 0.3 is 12.2 Å². The van der Waals surface area contributed by atoms with E-state index in [-0.39, 0.29) is 24.3 Å². The third-order valence-corrected chi connectivity index (χ3v) is 4.76. The molecule has 0 radical (unpaired) electrons. The molecule has 29 heavy (non-hydrogen) atoms. The van der Waals surface area contributed by atoms with Crippen LogP contribution >= 0.6 is 0 Å². The van der Waals surface area contributed by atoms with Gasteiger partial charge in [0.1, 0.15) is 11.2 Å². The molecule has 0 aromatic rings. The highest BCUT2D eigenvalue weighted by Gasteiger charge is 2.36. The monoisotopic (exact) mass is 436 g/mol. The van der Waals surface area contributed by atoms with Crippen LogP contribution in [0.3, 0.4) is 0 Å². The number of carbonyl (C=O) groups excluding carboxylic acids is 2. The molecule has 10 heteroatoms. The van der Waals surface area contributed by atoms with Gasteiger partial charge in [-0.25, -0.2) is 9.59 Å². The van der Waals surface area contributed by atoms with Gasteiger partial charge in [-0.3, -0.25) is 4.18 Å². The summed E-state index contributed by atoms with van der Waals surface area (Å²) in [5.74, 6) is 0. The molecule has 2 fully saturated rings. The second-order valence-electron chi connectivity index (χ2n) is 9.42. The van der Waals surface area contributed by atoms with Gasteiger partial charge in [-0.15, -0.1) is 0 Å². The number of likely N-dealkylation sites (tertiary alicyclic amines) is 2. The lowest BCUT2D eigenvalue weighted by Crippen LogP contribution is -2.54. The highest BCUT2D eigenvalue weighted by molar-refractivity contribution is 7.85. The molecule has 0 aliphatic carbocycles. The van der Waals surface area contributed by atoms with Gasteiger partial charge < -0.3 is 19.3 Å². The second-order valence-corrected chi connectivity index (χ2v) is 11.1. The molecule has 0 N–H and O–H groups in total. The number of carbonyl (C=O) groups is 2. The summed E-state index contributed by atoms with van der Waals surface area (Å²) in [6.07, 6.45) is 2.21. The summed E-state index contributed by atoms with van der Waals surface area (Å²) in [4.78, 5) is 26.3. The molecule has 2 aliphatic rings. The van der Waals surface area contributed by atoms with E-state index in [0.29, 0.717) is 12.6 Å². The number of hydrogen-bond acceptors (Lipinski definition) is 7. The fourth-order valence-electron chi connectivity index (χ4n) is 2.49. The first-order chi connectivity index (χ1) is 13.0. The van der Waals surface area contributed by atoms with Crippen molar-refractivity contribution in [1.82, 2.24) is 9.80 Å². The van der Waals surface area contributed by atoms with E-state index in [4.69, 9.17) is 9.47 Å². The lowest BCUT2D eigenvalue weighted by atomic mass is 10.1. The Hall–Kier alpha value is -1.55. The van der Waals surface area contributed by atoms with E-state index >= 15 is 0 Å². The lowest BCUT2D eigenvalue weighted by Gasteiger charge is -2.40. The first-order valence-electron chi connectivity index (χ1n) is 9.82. The van der Waals surface area contributed by atoms with Crippen LogP contribution < -0.4 is 0 Å². The highest BCUT2D eigenvalue weighted by atomic mass is 32.2. The van der Waals surface area contributed by atoms with Crippen molar-refractivity contribution in [3.8, 4) is 0 Å². The zero-order chi connectivity index (χ0) is 22.6. The Balaban J connectivity index is 0.000000308. The van der Waals surface area contributed by atoms with Crippen LogP contribution in [0.5, 0.6) is 0 Å². The third-order valence-electron chi connectivity index (χ3n) is 4.19. The molecule has 2 rings (SSSR count). The minimum atomic E-state index is -3.46. The molecule has 2 saturated heterocycles. The smallest absolute Gasteiger partial charge is 0.410 e. The molecule has 0 aromatic heterocycles. The van der Waals surface area contributed by atoms with Crippen molar-refractivity contribution in [3.05, 3.63) is 0 Å². The molecule has 2 atom stereocenters. The van der Waals surface area contributed by atoms with Crippen molar-refractivity contribution in [3.63, 3.8) is 0 Å². The second kappa shape index (κ2) is 9.51. The molecule has 0 aromatic carbocycles. The summed E-state index contributed by atoms with van der Waals surface area (Å²) >= 11 is 0. The number of rotatable bonds is 3. The zero-order valence-electron chi connectivity index (χ0n) is 18.9. The fraction of sp³-hybridized carbons (Fsp3) is 0.895. The van der Waals surface area contributed by atoms with Gasteiger partial charge in [-0.1, -0.05) is 0 Å². The number of hydrogen-bond donors (Lipinski definition) is 0. The van der Waals surface area contributed by atoms with Crippen molar-refractivity contribution in [2.45, 2.75) is 84.6 Å². The summed E-state index contributed by atoms with van der Waals surface area (Å²) < 4.78 is 36.7. The molecule has 2 amide bonds. The minimum Gasteiger partial charge on any atom is -0.444 e. The van der Waals surface area contributed by atoms with E-state index in [1.807, 2.05) is 27.7 Å². The predicted octanol–water partition coefficient (Wildman–Crippen LogP) is 2.99. The van der Waals surface area contributed by atoms with Crippen molar-refractivity contribution < 1.29 is 31.7 Å². The Labute approximate surface area is 174 Å². The van der Waals surface area contributed by atoms with Crippen LogP contribution in [0.2, 0.25) is 0 Å². The van der Waals surface area contributed by atoms with Gasteiger partial charge in [-0.2, -0.15) is 8.42 Å². The Bertz CT molecular complexity index is 680. The van der Waals surface area contributed by atoms with Crippen LogP contribution in [0, 0.1) is 0 Å². The maximum absolute atomic E-state index is 11.7. The summed E-state index contributed by atoms with van der Waals surface area (Å²) in [6, 6.07) is 0.152. The Kier molecular flexibility index (Phi) is 8.36. The molecule has 0 spiro atoms. The zero-order valence-corrected chi connectivity index (χ0v) is 19.7. The van der Waals surface area contributed by atoms with E-state index in [1.165, 1.54) is 4.90 Å². The first-order valence-corrected chi connectivity index (χ1v) is 11.6. The molecule has 2 aliphatic heterocycles. The van der Waals surface area contributed by atoms with Gasteiger partial charge in [0.2, 0.25) is 0 Å². The molecule has 0 saturated carbocycles. The van der Waals surface area contributed by atoms with Gasteiger partial charge in [0, 0.05) is 19.1 Å². The van der Waals surface area contributed by atoms with E-state index < -0.39 is 21.8 Å². The van der Waals surface area contributed by atoms with Gasteiger partial charge in [0.05, 0.1) is 18.9 Å². The summed E-state index contributed by atoms with van der Waals surface area (Å²) in [6.45, 7) is 14.5. The molecule has 0 bridgehead atoms. The largest absolute Gasteiger partial charge is 0.444 e. The average Bonchev–Trinajstić information content (AvgIpc) is 2.39. The quantitative estimate of drug-likeness (QED) is 0.627. The maximum Gasteiger partial charge on any atom is 0.410 e.